The molecule has 108 valence electrons. The monoisotopic (exact) mass is 277 g/mol. The predicted octanol–water partition coefficient (Wildman–Crippen LogP) is 1.51. The second-order valence-corrected chi connectivity index (χ2v) is 5.20. The van der Waals surface area contributed by atoms with Crippen molar-refractivity contribution in [2.24, 2.45) is 5.92 Å². The van der Waals surface area contributed by atoms with E-state index in [1.807, 2.05) is 6.92 Å². The van der Waals surface area contributed by atoms with Crippen LogP contribution in [-0.2, 0) is 9.59 Å². The third-order valence-electron chi connectivity index (χ3n) is 3.48. The van der Waals surface area contributed by atoms with Crippen LogP contribution in [-0.4, -0.2) is 35.5 Å². The van der Waals surface area contributed by atoms with E-state index >= 15 is 0 Å². The number of methoxy groups -OCH3 is 1. The van der Waals surface area contributed by atoms with Gasteiger partial charge in [0.05, 0.1) is 19.8 Å². The molecule has 0 radical (unpaired) electrons. The Kier molecular flexibility index (Phi) is 4.39. The van der Waals surface area contributed by atoms with Crippen LogP contribution in [0.4, 0.5) is 0 Å². The van der Waals surface area contributed by atoms with Gasteiger partial charge in [0.1, 0.15) is 5.75 Å². The molecule has 2 amide bonds. The van der Waals surface area contributed by atoms with Crippen LogP contribution in [0.1, 0.15) is 31.4 Å². The van der Waals surface area contributed by atoms with E-state index in [9.17, 15) is 14.7 Å². The summed E-state index contributed by atoms with van der Waals surface area (Å²) >= 11 is 0. The van der Waals surface area contributed by atoms with Crippen molar-refractivity contribution < 1.29 is 19.4 Å². The Morgan fingerprint density at radius 1 is 1.35 bits per heavy atom. The lowest BCUT2D eigenvalue weighted by atomic mass is 9.97. The number of aliphatic hydroxyl groups excluding tert-OH is 1. The highest BCUT2D eigenvalue weighted by atomic mass is 16.5. The van der Waals surface area contributed by atoms with Crippen molar-refractivity contribution in [3.05, 3.63) is 29.8 Å². The number of ether oxygens (including phenoxy) is 1. The number of β-amino-alcohol motifs (C(OH)–C–C–N with tert-alkyl or cyclic N) is 1. The van der Waals surface area contributed by atoms with Crippen LogP contribution < -0.4 is 4.74 Å². The van der Waals surface area contributed by atoms with Crippen LogP contribution >= 0.6 is 0 Å². The van der Waals surface area contributed by atoms with E-state index in [4.69, 9.17) is 4.74 Å². The number of hydrogen-bond acceptors (Lipinski definition) is 4. The average molecular weight is 277 g/mol. The van der Waals surface area contributed by atoms with Crippen LogP contribution in [0.5, 0.6) is 5.75 Å². The average Bonchev–Trinajstić information content (AvgIpc) is 2.42. The Labute approximate surface area is 118 Å². The maximum atomic E-state index is 11.9. The van der Waals surface area contributed by atoms with Crippen molar-refractivity contribution in [3.63, 3.8) is 0 Å². The number of amides is 2. The highest BCUT2D eigenvalue weighted by Crippen LogP contribution is 2.24. The molecule has 1 atom stereocenters. The summed E-state index contributed by atoms with van der Waals surface area (Å²) in [7, 11) is 1.55. The number of carbonyl (C=O) groups excluding carboxylic acids is 2. The number of nitrogens with zero attached hydrogens (tertiary/aromatic N) is 1. The summed E-state index contributed by atoms with van der Waals surface area (Å²) in [5.74, 6) is 0.290. The van der Waals surface area contributed by atoms with Gasteiger partial charge in [-0.3, -0.25) is 14.5 Å². The molecule has 0 aromatic heterocycles. The molecular formula is C15H19NO4. The Hall–Kier alpha value is -1.88. The van der Waals surface area contributed by atoms with E-state index in [-0.39, 0.29) is 24.3 Å². The van der Waals surface area contributed by atoms with Crippen molar-refractivity contribution in [2.45, 2.75) is 25.9 Å². The van der Waals surface area contributed by atoms with E-state index < -0.39 is 6.10 Å². The molecule has 1 unspecified atom stereocenters. The van der Waals surface area contributed by atoms with Crippen molar-refractivity contribution in [3.8, 4) is 5.75 Å². The van der Waals surface area contributed by atoms with E-state index in [0.717, 1.165) is 4.90 Å². The second-order valence-electron chi connectivity index (χ2n) is 5.20. The topological polar surface area (TPSA) is 66.8 Å². The molecule has 0 aliphatic carbocycles. The zero-order chi connectivity index (χ0) is 14.7. The molecule has 1 aliphatic heterocycles. The molecule has 20 heavy (non-hydrogen) atoms. The fourth-order valence-electron chi connectivity index (χ4n) is 2.36. The lowest BCUT2D eigenvalue weighted by molar-refractivity contribution is -0.151. The van der Waals surface area contributed by atoms with Gasteiger partial charge in [-0.25, -0.2) is 0 Å². The van der Waals surface area contributed by atoms with Crippen molar-refractivity contribution in [1.29, 1.82) is 0 Å². The maximum absolute atomic E-state index is 11.9. The fourth-order valence-corrected chi connectivity index (χ4v) is 2.36. The standard InChI is InChI=1S/C15H19NO4/c1-10-6-14(18)16(15(19)7-10)9-13(17)11-4-3-5-12(8-11)20-2/h3-5,8,10,13,17H,6-7,9H2,1-2H3. The first-order valence-corrected chi connectivity index (χ1v) is 6.66. The molecule has 1 N–H and O–H groups in total. The first-order valence-electron chi connectivity index (χ1n) is 6.66. The van der Waals surface area contributed by atoms with Gasteiger partial charge in [0.15, 0.2) is 0 Å². The molecule has 0 saturated carbocycles. The molecule has 1 saturated heterocycles. The number of benzene rings is 1. The number of likely N-dealkylation sites (tertiary alicyclic amines) is 1. The number of hydrogen-bond donors (Lipinski definition) is 1. The van der Waals surface area contributed by atoms with Gasteiger partial charge in [-0.1, -0.05) is 19.1 Å². The van der Waals surface area contributed by atoms with Crippen LogP contribution in [0.2, 0.25) is 0 Å². The maximum Gasteiger partial charge on any atom is 0.229 e. The van der Waals surface area contributed by atoms with Crippen molar-refractivity contribution >= 4 is 11.8 Å². The Balaban J connectivity index is 2.08. The largest absolute Gasteiger partial charge is 0.497 e. The molecule has 1 fully saturated rings. The van der Waals surface area contributed by atoms with Gasteiger partial charge in [0, 0.05) is 12.8 Å². The lowest BCUT2D eigenvalue weighted by Gasteiger charge is -2.30. The van der Waals surface area contributed by atoms with Crippen molar-refractivity contribution in [2.75, 3.05) is 13.7 Å². The summed E-state index contributed by atoms with van der Waals surface area (Å²) in [4.78, 5) is 24.9. The van der Waals surface area contributed by atoms with E-state index in [1.54, 1.807) is 31.4 Å². The molecular weight excluding hydrogens is 258 g/mol. The summed E-state index contributed by atoms with van der Waals surface area (Å²) < 4.78 is 5.09. The second kappa shape index (κ2) is 6.05. The smallest absolute Gasteiger partial charge is 0.229 e. The summed E-state index contributed by atoms with van der Waals surface area (Å²) in [6.45, 7) is 1.88. The van der Waals surface area contributed by atoms with Gasteiger partial charge in [-0.2, -0.15) is 0 Å². The van der Waals surface area contributed by atoms with Crippen LogP contribution in [0.15, 0.2) is 24.3 Å². The lowest BCUT2D eigenvalue weighted by Crippen LogP contribution is -2.44. The highest BCUT2D eigenvalue weighted by molar-refractivity contribution is 5.97. The zero-order valence-corrected chi connectivity index (χ0v) is 11.7. The number of imide groups is 1. The molecule has 5 heteroatoms. The number of carbonyl (C=O) groups is 2. The van der Waals surface area contributed by atoms with E-state index in [1.165, 1.54) is 0 Å². The Morgan fingerprint density at radius 2 is 2.00 bits per heavy atom. The molecule has 1 aliphatic rings. The molecule has 0 bridgehead atoms. The number of rotatable bonds is 4. The summed E-state index contributed by atoms with van der Waals surface area (Å²) in [5, 5.41) is 10.2. The first-order chi connectivity index (χ1) is 9.51. The molecule has 5 nitrogen and oxygen atoms in total. The molecule has 1 heterocycles. The van der Waals surface area contributed by atoms with Crippen LogP contribution in [0, 0.1) is 5.92 Å². The number of piperidine rings is 1. The van der Waals surface area contributed by atoms with Gasteiger partial charge >= 0.3 is 0 Å². The third-order valence-corrected chi connectivity index (χ3v) is 3.48. The highest BCUT2D eigenvalue weighted by Gasteiger charge is 2.31. The Bertz CT molecular complexity index is 496. The minimum Gasteiger partial charge on any atom is -0.497 e. The van der Waals surface area contributed by atoms with Gasteiger partial charge in [0.25, 0.3) is 0 Å². The predicted molar refractivity (Wildman–Crippen MR) is 73.1 cm³/mol. The minimum atomic E-state index is -0.897. The summed E-state index contributed by atoms with van der Waals surface area (Å²) in [6.07, 6.45) is -0.181. The molecule has 1 aromatic carbocycles. The quantitative estimate of drug-likeness (QED) is 0.847. The molecule has 0 spiro atoms. The minimum absolute atomic E-state index is 0.00243. The van der Waals surface area contributed by atoms with Crippen molar-refractivity contribution in [1.82, 2.24) is 4.90 Å². The molecule has 1 aromatic rings. The van der Waals surface area contributed by atoms with Gasteiger partial charge in [-0.05, 0) is 23.6 Å². The van der Waals surface area contributed by atoms with E-state index in [2.05, 4.69) is 0 Å². The van der Waals surface area contributed by atoms with E-state index in [0.29, 0.717) is 24.2 Å². The van der Waals surface area contributed by atoms with Crippen LogP contribution in [0.3, 0.4) is 0 Å². The number of aliphatic hydroxyl groups is 1. The normalized spacial score (nSPS) is 18.2. The van der Waals surface area contributed by atoms with Crippen LogP contribution in [0.25, 0.3) is 0 Å². The van der Waals surface area contributed by atoms with Gasteiger partial charge in [-0.15, -0.1) is 0 Å². The SMILES string of the molecule is COc1cccc(C(O)CN2C(=O)CC(C)CC2=O)c1. The fraction of sp³-hybridized carbons (Fsp3) is 0.467. The molecule has 2 rings (SSSR count). The first kappa shape index (κ1) is 14.5. The summed E-state index contributed by atoms with van der Waals surface area (Å²) in [5.41, 5.74) is 0.628. The van der Waals surface area contributed by atoms with Gasteiger partial charge < -0.3 is 9.84 Å². The third kappa shape index (κ3) is 3.17. The zero-order valence-electron chi connectivity index (χ0n) is 11.7. The van der Waals surface area contributed by atoms with Gasteiger partial charge in [0.2, 0.25) is 11.8 Å². The summed E-state index contributed by atoms with van der Waals surface area (Å²) in [6, 6.07) is 6.98. The Morgan fingerprint density at radius 3 is 2.60 bits per heavy atom.